The molecule has 0 fully saturated rings. The number of hydrazine groups is 1. The van der Waals surface area contributed by atoms with Crippen LogP contribution < -0.4 is 16.3 Å². The molecule has 8 nitrogen and oxygen atoms in total. The summed E-state index contributed by atoms with van der Waals surface area (Å²) in [4.78, 5) is 25.0. The number of anilines is 1. The Balaban J connectivity index is 1.52. The predicted molar refractivity (Wildman–Crippen MR) is 116 cm³/mol. The SMILES string of the molecule is Cc1c(C(=O)NNc2ccccc2)oc2c1/C(=N/NC(=O)c1ccccc1O)CCC2. The Bertz CT molecular complexity index is 1150. The van der Waals surface area contributed by atoms with Crippen LogP contribution in [-0.2, 0) is 6.42 Å². The number of rotatable bonds is 5. The Morgan fingerprint density at radius 1 is 1.00 bits per heavy atom. The van der Waals surface area contributed by atoms with Crippen LogP contribution >= 0.6 is 0 Å². The van der Waals surface area contributed by atoms with Gasteiger partial charge in [-0.05, 0) is 44.0 Å². The van der Waals surface area contributed by atoms with Gasteiger partial charge in [0.15, 0.2) is 5.76 Å². The minimum Gasteiger partial charge on any atom is -0.507 e. The van der Waals surface area contributed by atoms with Gasteiger partial charge in [0.25, 0.3) is 5.91 Å². The molecule has 0 unspecified atom stereocenters. The lowest BCUT2D eigenvalue weighted by atomic mass is 9.93. The second kappa shape index (κ2) is 8.74. The Labute approximate surface area is 178 Å². The average Bonchev–Trinajstić information content (AvgIpc) is 3.14. The predicted octanol–water partition coefficient (Wildman–Crippen LogP) is 3.52. The first-order valence-corrected chi connectivity index (χ1v) is 9.93. The highest BCUT2D eigenvalue weighted by Crippen LogP contribution is 2.30. The Morgan fingerprint density at radius 2 is 1.74 bits per heavy atom. The first-order chi connectivity index (χ1) is 15.0. The molecule has 4 N–H and O–H groups in total. The van der Waals surface area contributed by atoms with E-state index in [4.69, 9.17) is 4.42 Å². The van der Waals surface area contributed by atoms with Gasteiger partial charge in [-0.2, -0.15) is 5.10 Å². The van der Waals surface area contributed by atoms with Gasteiger partial charge in [-0.3, -0.25) is 20.4 Å². The maximum atomic E-state index is 12.6. The summed E-state index contributed by atoms with van der Waals surface area (Å²) in [6.45, 7) is 1.80. The van der Waals surface area contributed by atoms with Gasteiger partial charge < -0.3 is 9.52 Å². The zero-order valence-corrected chi connectivity index (χ0v) is 16.9. The summed E-state index contributed by atoms with van der Waals surface area (Å²) in [5, 5.41) is 14.1. The summed E-state index contributed by atoms with van der Waals surface area (Å²) in [6.07, 6.45) is 2.11. The molecule has 1 heterocycles. The Hall–Kier alpha value is -4.07. The molecule has 0 aliphatic heterocycles. The molecule has 2 aromatic carbocycles. The summed E-state index contributed by atoms with van der Waals surface area (Å²) < 4.78 is 5.84. The number of hydrogen-bond acceptors (Lipinski definition) is 6. The number of hydrazone groups is 1. The summed E-state index contributed by atoms with van der Waals surface area (Å²) in [5.74, 6) is -0.148. The highest BCUT2D eigenvalue weighted by Gasteiger charge is 2.28. The maximum Gasteiger partial charge on any atom is 0.305 e. The van der Waals surface area contributed by atoms with Crippen molar-refractivity contribution < 1.29 is 19.1 Å². The molecular formula is C23H22N4O4. The van der Waals surface area contributed by atoms with Gasteiger partial charge in [0.05, 0.1) is 17.0 Å². The van der Waals surface area contributed by atoms with E-state index in [2.05, 4.69) is 21.4 Å². The van der Waals surface area contributed by atoms with Crippen molar-refractivity contribution in [2.75, 3.05) is 5.43 Å². The second-order valence-corrected chi connectivity index (χ2v) is 7.17. The first-order valence-electron chi connectivity index (χ1n) is 9.93. The highest BCUT2D eigenvalue weighted by molar-refractivity contribution is 6.07. The van der Waals surface area contributed by atoms with E-state index in [0.29, 0.717) is 29.9 Å². The van der Waals surface area contributed by atoms with Gasteiger partial charge in [-0.15, -0.1) is 0 Å². The molecule has 0 spiro atoms. The van der Waals surface area contributed by atoms with Crippen LogP contribution in [0.5, 0.6) is 5.75 Å². The molecule has 2 amide bonds. The van der Waals surface area contributed by atoms with Crippen LogP contribution in [0.4, 0.5) is 5.69 Å². The van der Waals surface area contributed by atoms with Crippen molar-refractivity contribution >= 4 is 23.2 Å². The van der Waals surface area contributed by atoms with Gasteiger partial charge in [0.2, 0.25) is 0 Å². The molecule has 1 aliphatic rings. The van der Waals surface area contributed by atoms with Crippen molar-refractivity contribution in [3.8, 4) is 5.75 Å². The van der Waals surface area contributed by atoms with E-state index in [0.717, 1.165) is 17.7 Å². The Kier molecular flexibility index (Phi) is 5.70. The van der Waals surface area contributed by atoms with Crippen molar-refractivity contribution in [1.82, 2.24) is 10.9 Å². The van der Waals surface area contributed by atoms with Crippen LogP contribution in [0.15, 0.2) is 64.1 Å². The molecule has 0 bridgehead atoms. The molecule has 31 heavy (non-hydrogen) atoms. The molecular weight excluding hydrogens is 396 g/mol. The summed E-state index contributed by atoms with van der Waals surface area (Å²) in [5.41, 5.74) is 10.9. The van der Waals surface area contributed by atoms with E-state index in [9.17, 15) is 14.7 Å². The van der Waals surface area contributed by atoms with Crippen LogP contribution in [0.25, 0.3) is 0 Å². The average molecular weight is 418 g/mol. The van der Waals surface area contributed by atoms with Crippen LogP contribution in [0.1, 0.15) is 50.6 Å². The maximum absolute atomic E-state index is 12.6. The lowest BCUT2D eigenvalue weighted by Gasteiger charge is -2.13. The van der Waals surface area contributed by atoms with Gasteiger partial charge in [-0.25, -0.2) is 5.43 Å². The number of hydrogen-bond donors (Lipinski definition) is 4. The summed E-state index contributed by atoms with van der Waals surface area (Å²) in [7, 11) is 0. The van der Waals surface area contributed by atoms with Crippen molar-refractivity contribution in [2.24, 2.45) is 5.10 Å². The van der Waals surface area contributed by atoms with E-state index in [1.807, 2.05) is 30.3 Å². The minimum absolute atomic E-state index is 0.117. The number of fused-ring (bicyclic) bond motifs is 1. The molecule has 158 valence electrons. The van der Waals surface area contributed by atoms with E-state index >= 15 is 0 Å². The number of aromatic hydroxyl groups is 1. The summed E-state index contributed by atoms with van der Waals surface area (Å²) in [6, 6.07) is 15.5. The smallest absolute Gasteiger partial charge is 0.305 e. The van der Waals surface area contributed by atoms with Crippen LogP contribution in [0, 0.1) is 6.92 Å². The van der Waals surface area contributed by atoms with Crippen molar-refractivity contribution in [2.45, 2.75) is 26.2 Å². The molecule has 0 saturated carbocycles. The number of aryl methyl sites for hydroxylation is 1. The number of phenolic OH excluding ortho intramolecular Hbond substituents is 1. The normalized spacial score (nSPS) is 14.0. The number of amides is 2. The number of para-hydroxylation sites is 2. The molecule has 0 saturated heterocycles. The topological polar surface area (TPSA) is 116 Å². The van der Waals surface area contributed by atoms with E-state index in [-0.39, 0.29) is 17.1 Å². The Morgan fingerprint density at radius 3 is 2.52 bits per heavy atom. The second-order valence-electron chi connectivity index (χ2n) is 7.17. The lowest BCUT2D eigenvalue weighted by Crippen LogP contribution is -2.29. The van der Waals surface area contributed by atoms with E-state index in [1.54, 1.807) is 19.1 Å². The highest BCUT2D eigenvalue weighted by atomic mass is 16.4. The molecule has 4 rings (SSSR count). The monoisotopic (exact) mass is 418 g/mol. The van der Waals surface area contributed by atoms with Gasteiger partial charge in [-0.1, -0.05) is 30.3 Å². The van der Waals surface area contributed by atoms with E-state index < -0.39 is 11.8 Å². The molecule has 3 aromatic rings. The fraction of sp³-hybridized carbons (Fsp3) is 0.174. The molecule has 1 aromatic heterocycles. The van der Waals surface area contributed by atoms with Crippen molar-refractivity contribution in [3.63, 3.8) is 0 Å². The van der Waals surface area contributed by atoms with Crippen molar-refractivity contribution in [3.05, 3.63) is 82.8 Å². The van der Waals surface area contributed by atoms with Crippen LogP contribution in [0.2, 0.25) is 0 Å². The summed E-state index contributed by atoms with van der Waals surface area (Å²) >= 11 is 0. The quantitative estimate of drug-likeness (QED) is 0.473. The third kappa shape index (κ3) is 4.28. The van der Waals surface area contributed by atoms with Crippen LogP contribution in [0.3, 0.4) is 0 Å². The zero-order valence-electron chi connectivity index (χ0n) is 16.9. The lowest BCUT2D eigenvalue weighted by molar-refractivity contribution is 0.0930. The minimum atomic E-state index is -0.510. The van der Waals surface area contributed by atoms with E-state index in [1.165, 1.54) is 12.1 Å². The van der Waals surface area contributed by atoms with Gasteiger partial charge in [0.1, 0.15) is 11.5 Å². The molecule has 1 aliphatic carbocycles. The number of phenols is 1. The van der Waals surface area contributed by atoms with Crippen molar-refractivity contribution in [1.29, 1.82) is 0 Å². The molecule has 0 radical (unpaired) electrons. The third-order valence-corrected chi connectivity index (χ3v) is 5.07. The first kappa shape index (κ1) is 20.2. The zero-order chi connectivity index (χ0) is 21.8. The fourth-order valence-electron chi connectivity index (χ4n) is 3.55. The largest absolute Gasteiger partial charge is 0.507 e. The van der Waals surface area contributed by atoms with Gasteiger partial charge in [0, 0.05) is 17.5 Å². The molecule has 0 atom stereocenters. The standard InChI is InChI=1S/C23H22N4O4/c1-14-20-17(25-26-22(29)16-10-5-6-12-18(16)28)11-7-13-19(20)31-21(14)23(30)27-24-15-8-3-2-4-9-15/h2-6,8-10,12,24,28H,7,11,13H2,1H3,(H,26,29)(H,27,30)/b25-17+. The van der Waals surface area contributed by atoms with Crippen LogP contribution in [-0.4, -0.2) is 22.6 Å². The number of benzene rings is 2. The number of nitrogens with one attached hydrogen (secondary N) is 3. The number of furan rings is 1. The molecule has 8 heteroatoms. The fourth-order valence-corrected chi connectivity index (χ4v) is 3.55. The van der Waals surface area contributed by atoms with Gasteiger partial charge >= 0.3 is 5.91 Å². The number of carbonyl (C=O) groups is 2. The number of nitrogens with zero attached hydrogens (tertiary/aromatic N) is 1. The number of carbonyl (C=O) groups excluding carboxylic acids is 2. The third-order valence-electron chi connectivity index (χ3n) is 5.07.